The molecule has 2 rings (SSSR count). The highest BCUT2D eigenvalue weighted by atomic mass is 15.2. The molecular formula is C16H25N3. The maximum absolute atomic E-state index is 4.69. The van der Waals surface area contributed by atoms with Gasteiger partial charge in [0.05, 0.1) is 0 Å². The average molecular weight is 259 g/mol. The Bertz CT molecular complexity index is 418. The van der Waals surface area contributed by atoms with Crippen molar-refractivity contribution in [2.75, 3.05) is 13.1 Å². The minimum atomic E-state index is 0.454. The molecule has 19 heavy (non-hydrogen) atoms. The molecule has 1 aromatic carbocycles. The highest BCUT2D eigenvalue weighted by Crippen LogP contribution is 2.19. The Hall–Kier alpha value is -1.51. The molecule has 1 aliphatic rings. The van der Waals surface area contributed by atoms with Crippen molar-refractivity contribution >= 4 is 5.96 Å². The number of hydrogen-bond acceptors (Lipinski definition) is 1. The predicted octanol–water partition coefficient (Wildman–Crippen LogP) is 2.82. The fourth-order valence-corrected chi connectivity index (χ4v) is 1.97. The molecule has 0 saturated heterocycles. The Morgan fingerprint density at radius 2 is 2.00 bits per heavy atom. The maximum Gasteiger partial charge on any atom is 0.191 e. The number of nitrogens with zero attached hydrogens (tertiary/aromatic N) is 1. The lowest BCUT2D eigenvalue weighted by Gasteiger charge is -2.13. The summed E-state index contributed by atoms with van der Waals surface area (Å²) in [6.07, 6.45) is 2.55. The molecule has 1 saturated carbocycles. The van der Waals surface area contributed by atoms with Crippen LogP contribution >= 0.6 is 0 Å². The third kappa shape index (κ3) is 4.58. The van der Waals surface area contributed by atoms with E-state index in [4.69, 9.17) is 0 Å². The van der Waals surface area contributed by atoms with Gasteiger partial charge in [0, 0.05) is 25.0 Å². The van der Waals surface area contributed by atoms with Crippen molar-refractivity contribution in [3.63, 3.8) is 0 Å². The van der Waals surface area contributed by atoms with E-state index in [1.54, 1.807) is 0 Å². The number of aryl methyl sites for hydroxylation is 1. The highest BCUT2D eigenvalue weighted by Gasteiger charge is 2.22. The van der Waals surface area contributed by atoms with Gasteiger partial charge in [0.15, 0.2) is 5.96 Å². The van der Waals surface area contributed by atoms with Crippen LogP contribution < -0.4 is 10.6 Å². The molecule has 1 atom stereocenters. The van der Waals surface area contributed by atoms with E-state index in [9.17, 15) is 0 Å². The summed E-state index contributed by atoms with van der Waals surface area (Å²) >= 11 is 0. The van der Waals surface area contributed by atoms with Crippen molar-refractivity contribution in [2.45, 2.75) is 45.6 Å². The van der Waals surface area contributed by atoms with Crippen molar-refractivity contribution in [3.8, 4) is 0 Å². The van der Waals surface area contributed by atoms with Crippen LogP contribution in [0, 0.1) is 6.92 Å². The van der Waals surface area contributed by atoms with Gasteiger partial charge in [-0.1, -0.05) is 36.8 Å². The summed E-state index contributed by atoms with van der Waals surface area (Å²) in [6.45, 7) is 8.19. The molecule has 2 N–H and O–H groups in total. The smallest absolute Gasteiger partial charge is 0.191 e. The van der Waals surface area contributed by atoms with Crippen LogP contribution in [0.15, 0.2) is 29.3 Å². The Morgan fingerprint density at radius 3 is 2.58 bits per heavy atom. The topological polar surface area (TPSA) is 36.4 Å². The molecule has 3 heteroatoms. The monoisotopic (exact) mass is 259 g/mol. The normalized spacial score (nSPS) is 17.1. The van der Waals surface area contributed by atoms with Crippen molar-refractivity contribution in [3.05, 3.63) is 35.4 Å². The number of guanidine groups is 1. The van der Waals surface area contributed by atoms with E-state index in [0.29, 0.717) is 12.0 Å². The molecule has 104 valence electrons. The quantitative estimate of drug-likeness (QED) is 0.630. The molecule has 3 nitrogen and oxygen atoms in total. The standard InChI is InChI=1S/C16H25N3/c1-4-17-16(19-15-9-10-15)18-11-13(3)14-7-5-12(2)6-8-14/h5-8,13,15H,4,9-11H2,1-3H3,(H2,17,18,19). The molecule has 0 bridgehead atoms. The molecule has 0 aromatic heterocycles. The predicted molar refractivity (Wildman–Crippen MR) is 81.7 cm³/mol. The maximum atomic E-state index is 4.69. The van der Waals surface area contributed by atoms with E-state index >= 15 is 0 Å². The van der Waals surface area contributed by atoms with Gasteiger partial charge in [0.25, 0.3) is 0 Å². The van der Waals surface area contributed by atoms with Gasteiger partial charge in [0.1, 0.15) is 0 Å². The van der Waals surface area contributed by atoms with E-state index in [0.717, 1.165) is 19.0 Å². The van der Waals surface area contributed by atoms with E-state index in [1.807, 2.05) is 0 Å². The number of benzene rings is 1. The van der Waals surface area contributed by atoms with E-state index in [1.165, 1.54) is 24.0 Å². The zero-order valence-electron chi connectivity index (χ0n) is 12.2. The van der Waals surface area contributed by atoms with Crippen LogP contribution in [0.1, 0.15) is 43.7 Å². The van der Waals surface area contributed by atoms with Crippen molar-refractivity contribution in [2.24, 2.45) is 4.99 Å². The summed E-state index contributed by atoms with van der Waals surface area (Å²) < 4.78 is 0. The second-order valence-electron chi connectivity index (χ2n) is 5.45. The van der Waals surface area contributed by atoms with Gasteiger partial charge in [0.2, 0.25) is 0 Å². The van der Waals surface area contributed by atoms with Gasteiger partial charge in [-0.15, -0.1) is 0 Å². The number of hydrogen-bond donors (Lipinski definition) is 2. The Kier molecular flexibility index (Phi) is 4.83. The van der Waals surface area contributed by atoms with Crippen LogP contribution in [0.3, 0.4) is 0 Å². The summed E-state index contributed by atoms with van der Waals surface area (Å²) in [4.78, 5) is 4.69. The minimum absolute atomic E-state index is 0.454. The van der Waals surface area contributed by atoms with Crippen LogP contribution in [-0.4, -0.2) is 25.1 Å². The first-order valence-electron chi connectivity index (χ1n) is 7.30. The SMILES string of the molecule is CCNC(=NCC(C)c1ccc(C)cc1)NC1CC1. The Labute approximate surface area is 116 Å². The van der Waals surface area contributed by atoms with E-state index < -0.39 is 0 Å². The molecule has 0 radical (unpaired) electrons. The Balaban J connectivity index is 1.91. The summed E-state index contributed by atoms with van der Waals surface area (Å²) in [5.74, 6) is 1.42. The van der Waals surface area contributed by atoms with Crippen LogP contribution in [-0.2, 0) is 0 Å². The second kappa shape index (κ2) is 6.60. The van der Waals surface area contributed by atoms with Gasteiger partial charge in [-0.05, 0) is 32.3 Å². The van der Waals surface area contributed by atoms with Crippen LogP contribution in [0.5, 0.6) is 0 Å². The molecular weight excluding hydrogens is 234 g/mol. The number of nitrogens with one attached hydrogen (secondary N) is 2. The van der Waals surface area contributed by atoms with Crippen LogP contribution in [0.2, 0.25) is 0 Å². The molecule has 0 amide bonds. The zero-order chi connectivity index (χ0) is 13.7. The summed E-state index contributed by atoms with van der Waals surface area (Å²) in [5, 5.41) is 6.76. The third-order valence-electron chi connectivity index (χ3n) is 3.43. The fraction of sp³-hybridized carbons (Fsp3) is 0.562. The fourth-order valence-electron chi connectivity index (χ4n) is 1.97. The lowest BCUT2D eigenvalue weighted by molar-refractivity contribution is 0.747. The third-order valence-corrected chi connectivity index (χ3v) is 3.43. The molecule has 1 unspecified atom stereocenters. The van der Waals surface area contributed by atoms with Gasteiger partial charge >= 0.3 is 0 Å². The zero-order valence-corrected chi connectivity index (χ0v) is 12.2. The molecule has 0 aliphatic heterocycles. The van der Waals surface area contributed by atoms with Crippen LogP contribution in [0.4, 0.5) is 0 Å². The number of rotatable bonds is 5. The molecule has 1 fully saturated rings. The first kappa shape index (κ1) is 13.9. The molecule has 1 aromatic rings. The molecule has 0 spiro atoms. The lowest BCUT2D eigenvalue weighted by atomic mass is 10.0. The van der Waals surface area contributed by atoms with Gasteiger partial charge in [-0.3, -0.25) is 4.99 Å². The van der Waals surface area contributed by atoms with Crippen molar-refractivity contribution < 1.29 is 0 Å². The van der Waals surface area contributed by atoms with Gasteiger partial charge in [-0.25, -0.2) is 0 Å². The van der Waals surface area contributed by atoms with Gasteiger partial charge in [-0.2, -0.15) is 0 Å². The van der Waals surface area contributed by atoms with Crippen molar-refractivity contribution in [1.29, 1.82) is 0 Å². The second-order valence-corrected chi connectivity index (χ2v) is 5.45. The Morgan fingerprint density at radius 1 is 1.32 bits per heavy atom. The first-order chi connectivity index (χ1) is 9.19. The summed E-state index contributed by atoms with van der Waals surface area (Å²) in [6, 6.07) is 9.40. The van der Waals surface area contributed by atoms with E-state index in [-0.39, 0.29) is 0 Å². The lowest BCUT2D eigenvalue weighted by Crippen LogP contribution is -2.38. The largest absolute Gasteiger partial charge is 0.357 e. The molecule has 1 aliphatic carbocycles. The van der Waals surface area contributed by atoms with E-state index in [2.05, 4.69) is 60.7 Å². The first-order valence-corrected chi connectivity index (χ1v) is 7.30. The summed E-state index contributed by atoms with van der Waals surface area (Å²) in [7, 11) is 0. The summed E-state index contributed by atoms with van der Waals surface area (Å²) in [5.41, 5.74) is 2.67. The highest BCUT2D eigenvalue weighted by molar-refractivity contribution is 5.80. The van der Waals surface area contributed by atoms with Crippen molar-refractivity contribution in [1.82, 2.24) is 10.6 Å². The minimum Gasteiger partial charge on any atom is -0.357 e. The van der Waals surface area contributed by atoms with Gasteiger partial charge < -0.3 is 10.6 Å². The van der Waals surface area contributed by atoms with Crippen LogP contribution in [0.25, 0.3) is 0 Å². The number of aliphatic imine (C=N–C) groups is 1. The molecule has 0 heterocycles. The average Bonchev–Trinajstić information content (AvgIpc) is 3.21.